The molecule has 26 heavy (non-hydrogen) atoms. The second-order valence-corrected chi connectivity index (χ2v) is 7.08. The maximum absolute atomic E-state index is 12.5. The van der Waals surface area contributed by atoms with Crippen molar-refractivity contribution < 1.29 is 28.5 Å². The van der Waals surface area contributed by atoms with Crippen LogP contribution in [0.3, 0.4) is 0 Å². The van der Waals surface area contributed by atoms with E-state index < -0.39 is 17.4 Å². The molecule has 0 radical (unpaired) electrons. The highest BCUT2D eigenvalue weighted by Gasteiger charge is 2.30. The maximum Gasteiger partial charge on any atom is 0.316 e. The van der Waals surface area contributed by atoms with Gasteiger partial charge in [-0.2, -0.15) is 0 Å². The van der Waals surface area contributed by atoms with Crippen LogP contribution >= 0.6 is 11.6 Å². The molecule has 0 aliphatic carbocycles. The van der Waals surface area contributed by atoms with E-state index in [1.54, 1.807) is 39.0 Å². The highest BCUT2D eigenvalue weighted by molar-refractivity contribution is 6.31. The maximum atomic E-state index is 12.5. The summed E-state index contributed by atoms with van der Waals surface area (Å²) in [6.07, 6.45) is 0. The first-order valence-corrected chi connectivity index (χ1v) is 8.25. The molecule has 0 amide bonds. The number of benzene rings is 2. The van der Waals surface area contributed by atoms with Crippen LogP contribution in [0.25, 0.3) is 10.8 Å². The first kappa shape index (κ1) is 19.8. The van der Waals surface area contributed by atoms with E-state index in [2.05, 4.69) is 0 Å². The number of rotatable bonds is 4. The molecule has 0 saturated carbocycles. The number of methoxy groups -OCH3 is 2. The molecule has 0 fully saturated rings. The average Bonchev–Trinajstić information content (AvgIpc) is 2.54. The van der Waals surface area contributed by atoms with Gasteiger partial charge in [-0.05, 0) is 39.0 Å². The molecule has 2 rings (SSSR count). The molecule has 0 saturated heterocycles. The van der Waals surface area contributed by atoms with E-state index in [0.717, 1.165) is 0 Å². The lowest BCUT2D eigenvalue weighted by Gasteiger charge is -2.22. The van der Waals surface area contributed by atoms with Crippen LogP contribution in [0.4, 0.5) is 0 Å². The predicted molar refractivity (Wildman–Crippen MR) is 98.5 cm³/mol. The number of fused-ring (bicyclic) bond motifs is 1. The number of carbonyl (C=O) groups is 2. The predicted octanol–water partition coefficient (Wildman–Crippen LogP) is 4.39. The fraction of sp³-hybridized carbons (Fsp3) is 0.368. The molecule has 0 aliphatic rings. The van der Waals surface area contributed by atoms with Gasteiger partial charge in [-0.25, -0.2) is 0 Å². The number of esters is 2. The van der Waals surface area contributed by atoms with Gasteiger partial charge >= 0.3 is 11.9 Å². The smallest absolute Gasteiger partial charge is 0.316 e. The minimum Gasteiger partial charge on any atom is -0.490 e. The zero-order valence-electron chi connectivity index (χ0n) is 15.6. The standard InChI is InChI=1S/C19H21ClO6/c1-10(21)25-14-12-8-7-11(20)9-13(12)15(17(24-6)16(14)23-5)26-18(22)19(2,3)4/h7-9H,1-6H3. The highest BCUT2D eigenvalue weighted by atomic mass is 35.5. The lowest BCUT2D eigenvalue weighted by molar-refractivity contribution is -0.143. The normalized spacial score (nSPS) is 11.2. The molecule has 140 valence electrons. The topological polar surface area (TPSA) is 71.1 Å². The lowest BCUT2D eigenvalue weighted by atomic mass is 9.97. The largest absolute Gasteiger partial charge is 0.490 e. The van der Waals surface area contributed by atoms with Crippen molar-refractivity contribution >= 4 is 34.3 Å². The average molecular weight is 381 g/mol. The Balaban J connectivity index is 2.87. The molecule has 0 aromatic heterocycles. The van der Waals surface area contributed by atoms with Crippen LogP contribution in [0.5, 0.6) is 23.0 Å². The molecule has 7 heteroatoms. The Labute approximate surface area is 156 Å². The van der Waals surface area contributed by atoms with Gasteiger partial charge in [0.15, 0.2) is 11.5 Å². The van der Waals surface area contributed by atoms with E-state index >= 15 is 0 Å². The van der Waals surface area contributed by atoms with Crippen LogP contribution in [0.1, 0.15) is 27.7 Å². The second-order valence-electron chi connectivity index (χ2n) is 6.65. The summed E-state index contributed by atoms with van der Waals surface area (Å²) in [5.74, 6) is -0.387. The molecule has 6 nitrogen and oxygen atoms in total. The Hall–Kier alpha value is -2.47. The number of hydrogen-bond donors (Lipinski definition) is 0. The van der Waals surface area contributed by atoms with Gasteiger partial charge in [0.2, 0.25) is 11.5 Å². The first-order valence-electron chi connectivity index (χ1n) is 7.88. The van der Waals surface area contributed by atoms with Gasteiger partial charge in [0.05, 0.1) is 19.6 Å². The van der Waals surface area contributed by atoms with Gasteiger partial charge < -0.3 is 18.9 Å². The second kappa shape index (κ2) is 7.41. The van der Waals surface area contributed by atoms with Crippen molar-refractivity contribution in [3.63, 3.8) is 0 Å². The van der Waals surface area contributed by atoms with Gasteiger partial charge in [0, 0.05) is 22.7 Å². The van der Waals surface area contributed by atoms with Gasteiger partial charge in [-0.3, -0.25) is 9.59 Å². The third-order valence-corrected chi connectivity index (χ3v) is 3.79. The molecular weight excluding hydrogens is 360 g/mol. The summed E-state index contributed by atoms with van der Waals surface area (Å²) in [4.78, 5) is 24.0. The van der Waals surface area contributed by atoms with Gasteiger partial charge in [0.1, 0.15) is 0 Å². The van der Waals surface area contributed by atoms with E-state index in [9.17, 15) is 9.59 Å². The Morgan fingerprint density at radius 1 is 0.885 bits per heavy atom. The van der Waals surface area contributed by atoms with Crippen molar-refractivity contribution in [3.05, 3.63) is 23.2 Å². The van der Waals surface area contributed by atoms with Crippen LogP contribution in [0.2, 0.25) is 5.02 Å². The van der Waals surface area contributed by atoms with Gasteiger partial charge in [-0.15, -0.1) is 0 Å². The van der Waals surface area contributed by atoms with E-state index in [4.69, 9.17) is 30.5 Å². The fourth-order valence-corrected chi connectivity index (χ4v) is 2.49. The third-order valence-electron chi connectivity index (χ3n) is 3.55. The lowest BCUT2D eigenvalue weighted by Crippen LogP contribution is -2.26. The Morgan fingerprint density at radius 2 is 1.42 bits per heavy atom. The van der Waals surface area contributed by atoms with Crippen molar-refractivity contribution in [3.8, 4) is 23.0 Å². The third kappa shape index (κ3) is 3.85. The summed E-state index contributed by atoms with van der Waals surface area (Å²) < 4.78 is 21.8. The van der Waals surface area contributed by atoms with Gasteiger partial charge in [-0.1, -0.05) is 11.6 Å². The molecule has 0 atom stereocenters. The van der Waals surface area contributed by atoms with E-state index in [1.165, 1.54) is 21.1 Å². The van der Waals surface area contributed by atoms with Crippen LogP contribution < -0.4 is 18.9 Å². The molecule has 2 aromatic rings. The number of carbonyl (C=O) groups excluding carboxylic acids is 2. The number of halogens is 1. The highest BCUT2D eigenvalue weighted by Crippen LogP contribution is 2.51. The summed E-state index contributed by atoms with van der Waals surface area (Å²) >= 11 is 6.12. The van der Waals surface area contributed by atoms with E-state index in [-0.39, 0.29) is 23.0 Å². The van der Waals surface area contributed by atoms with Crippen LogP contribution in [-0.2, 0) is 9.59 Å². The van der Waals surface area contributed by atoms with E-state index in [0.29, 0.717) is 15.8 Å². The zero-order valence-corrected chi connectivity index (χ0v) is 16.3. The molecule has 2 aromatic carbocycles. The van der Waals surface area contributed by atoms with Crippen molar-refractivity contribution in [1.82, 2.24) is 0 Å². The van der Waals surface area contributed by atoms with Crippen molar-refractivity contribution in [2.75, 3.05) is 14.2 Å². The summed E-state index contributed by atoms with van der Waals surface area (Å²) in [7, 11) is 2.81. The zero-order chi connectivity index (χ0) is 19.6. The quantitative estimate of drug-likeness (QED) is 0.578. The molecular formula is C19H21ClO6. The van der Waals surface area contributed by atoms with Crippen molar-refractivity contribution in [2.24, 2.45) is 5.41 Å². The molecule has 0 bridgehead atoms. The van der Waals surface area contributed by atoms with Crippen LogP contribution in [-0.4, -0.2) is 26.2 Å². The fourth-order valence-electron chi connectivity index (χ4n) is 2.32. The summed E-state index contributed by atoms with van der Waals surface area (Å²) in [5, 5.41) is 1.38. The molecule has 0 heterocycles. The van der Waals surface area contributed by atoms with Crippen LogP contribution in [0.15, 0.2) is 18.2 Å². The summed E-state index contributed by atoms with van der Waals surface area (Å²) in [5.41, 5.74) is -0.738. The summed E-state index contributed by atoms with van der Waals surface area (Å²) in [6.45, 7) is 6.49. The number of hydrogen-bond acceptors (Lipinski definition) is 6. The minimum absolute atomic E-state index is 0.135. The number of ether oxygens (including phenoxy) is 4. The molecule has 0 unspecified atom stereocenters. The SMILES string of the molecule is COc1c(OC)c(OC(=O)C(C)(C)C)c2cc(Cl)ccc2c1OC(C)=O. The molecule has 0 spiro atoms. The molecule has 0 aliphatic heterocycles. The van der Waals surface area contributed by atoms with E-state index in [1.807, 2.05) is 0 Å². The van der Waals surface area contributed by atoms with Crippen molar-refractivity contribution in [1.29, 1.82) is 0 Å². The monoisotopic (exact) mass is 380 g/mol. The Morgan fingerprint density at radius 3 is 1.88 bits per heavy atom. The van der Waals surface area contributed by atoms with Crippen molar-refractivity contribution in [2.45, 2.75) is 27.7 Å². The Kier molecular flexibility index (Phi) is 5.66. The molecule has 0 N–H and O–H groups in total. The minimum atomic E-state index is -0.738. The first-order chi connectivity index (χ1) is 12.1. The van der Waals surface area contributed by atoms with Gasteiger partial charge in [0.25, 0.3) is 0 Å². The summed E-state index contributed by atoms with van der Waals surface area (Å²) in [6, 6.07) is 4.90. The van der Waals surface area contributed by atoms with Crippen LogP contribution in [0, 0.1) is 5.41 Å². The Bertz CT molecular complexity index is 867.